The zero-order valence-corrected chi connectivity index (χ0v) is 15.4. The summed E-state index contributed by atoms with van der Waals surface area (Å²) < 4.78 is 2.10. The van der Waals surface area contributed by atoms with Crippen LogP contribution in [0.25, 0.3) is 10.9 Å². The largest absolute Gasteiger partial charge is 0.281 e. The first-order chi connectivity index (χ1) is 11.3. The molecule has 0 saturated heterocycles. The molecule has 0 N–H and O–H groups in total. The molecule has 0 fully saturated rings. The average molecular weight is 384 g/mol. The Morgan fingerprint density at radius 1 is 1.12 bits per heavy atom. The molecule has 1 aromatic heterocycles. The Morgan fingerprint density at radius 2 is 1.83 bits per heavy atom. The molecule has 24 heavy (non-hydrogen) atoms. The van der Waals surface area contributed by atoms with Crippen LogP contribution in [-0.2, 0) is 5.41 Å². The van der Waals surface area contributed by atoms with Gasteiger partial charge >= 0.3 is 0 Å². The van der Waals surface area contributed by atoms with E-state index in [1.165, 1.54) is 16.6 Å². The molecule has 122 valence electrons. The molecule has 2 aromatic carbocycles. The summed E-state index contributed by atoms with van der Waals surface area (Å²) in [6.07, 6.45) is 3.11. The van der Waals surface area contributed by atoms with Crippen molar-refractivity contribution in [1.29, 1.82) is 0 Å². The summed E-state index contributed by atoms with van der Waals surface area (Å²) in [5, 5.41) is 4.78. The first kappa shape index (κ1) is 16.6. The van der Waals surface area contributed by atoms with Crippen molar-refractivity contribution in [2.45, 2.75) is 26.2 Å². The van der Waals surface area contributed by atoms with Crippen molar-refractivity contribution >= 4 is 33.0 Å². The van der Waals surface area contributed by atoms with Gasteiger partial charge in [0.15, 0.2) is 0 Å². The van der Waals surface area contributed by atoms with Crippen molar-refractivity contribution in [2.24, 2.45) is 5.10 Å². The maximum atomic E-state index is 12.5. The van der Waals surface area contributed by atoms with E-state index in [-0.39, 0.29) is 11.0 Å². The average Bonchev–Trinajstić information content (AvgIpc) is 2.54. The third kappa shape index (κ3) is 3.46. The molecule has 5 heteroatoms. The highest BCUT2D eigenvalue weighted by atomic mass is 79.9. The Balaban J connectivity index is 1.93. The van der Waals surface area contributed by atoms with E-state index in [4.69, 9.17) is 0 Å². The number of fused-ring (bicyclic) bond motifs is 1. The fourth-order valence-corrected chi connectivity index (χ4v) is 2.73. The van der Waals surface area contributed by atoms with E-state index in [1.54, 1.807) is 18.3 Å². The minimum atomic E-state index is -0.191. The van der Waals surface area contributed by atoms with E-state index >= 15 is 0 Å². The second-order valence-electron chi connectivity index (χ2n) is 6.67. The first-order valence-electron chi connectivity index (χ1n) is 7.66. The zero-order chi connectivity index (χ0) is 17.3. The second kappa shape index (κ2) is 6.32. The monoisotopic (exact) mass is 383 g/mol. The lowest BCUT2D eigenvalue weighted by molar-refractivity contribution is 0.590. The lowest BCUT2D eigenvalue weighted by Crippen LogP contribution is -2.17. The Hall–Kier alpha value is -2.27. The molecule has 0 aliphatic rings. The number of benzene rings is 2. The van der Waals surface area contributed by atoms with E-state index in [0.717, 1.165) is 10.0 Å². The van der Waals surface area contributed by atoms with Crippen LogP contribution in [0.1, 0.15) is 31.9 Å². The Labute approximate surface area is 149 Å². The summed E-state index contributed by atoms with van der Waals surface area (Å²) in [5.74, 6) is 0. The van der Waals surface area contributed by atoms with Crippen molar-refractivity contribution in [1.82, 2.24) is 9.66 Å². The molecular formula is C19H18BrN3O. The van der Waals surface area contributed by atoms with E-state index in [2.05, 4.69) is 58.9 Å². The highest BCUT2D eigenvalue weighted by Crippen LogP contribution is 2.21. The zero-order valence-electron chi connectivity index (χ0n) is 13.8. The molecule has 3 aromatic rings. The number of aromatic nitrogens is 2. The number of hydrogen-bond acceptors (Lipinski definition) is 3. The third-order valence-corrected chi connectivity index (χ3v) is 4.30. The Bertz CT molecular complexity index is 967. The summed E-state index contributed by atoms with van der Waals surface area (Å²) in [7, 11) is 0. The molecule has 0 atom stereocenters. The first-order valence-corrected chi connectivity index (χ1v) is 8.46. The summed E-state index contributed by atoms with van der Waals surface area (Å²) in [6, 6.07) is 13.6. The molecule has 0 spiro atoms. The van der Waals surface area contributed by atoms with Gasteiger partial charge in [-0.2, -0.15) is 9.78 Å². The molecule has 0 aliphatic heterocycles. The summed E-state index contributed by atoms with van der Waals surface area (Å²) in [4.78, 5) is 16.7. The predicted molar refractivity (Wildman–Crippen MR) is 102 cm³/mol. The topological polar surface area (TPSA) is 47.2 Å². The number of nitrogens with zero attached hydrogens (tertiary/aromatic N) is 3. The van der Waals surface area contributed by atoms with Gasteiger partial charge in [0.1, 0.15) is 6.33 Å². The smallest absolute Gasteiger partial charge is 0.267 e. The summed E-state index contributed by atoms with van der Waals surface area (Å²) in [6.45, 7) is 6.53. The highest BCUT2D eigenvalue weighted by Gasteiger charge is 2.12. The molecule has 4 nitrogen and oxygen atoms in total. The third-order valence-electron chi connectivity index (χ3n) is 3.81. The van der Waals surface area contributed by atoms with E-state index in [1.807, 2.05) is 18.2 Å². The van der Waals surface area contributed by atoms with Crippen molar-refractivity contribution in [3.05, 3.63) is 74.7 Å². The molecule has 0 amide bonds. The SMILES string of the molecule is CC(C)(C)c1ccc(/C=N\n2cnc3ccc(Br)cc3c2=O)cc1. The minimum absolute atomic E-state index is 0.113. The van der Waals surface area contributed by atoms with Crippen molar-refractivity contribution in [3.63, 3.8) is 0 Å². The lowest BCUT2D eigenvalue weighted by atomic mass is 9.87. The minimum Gasteiger partial charge on any atom is -0.267 e. The van der Waals surface area contributed by atoms with Crippen LogP contribution in [0.2, 0.25) is 0 Å². The fraction of sp³-hybridized carbons (Fsp3) is 0.211. The van der Waals surface area contributed by atoms with Gasteiger partial charge < -0.3 is 0 Å². The van der Waals surface area contributed by atoms with Crippen molar-refractivity contribution in [3.8, 4) is 0 Å². The highest BCUT2D eigenvalue weighted by molar-refractivity contribution is 9.10. The van der Waals surface area contributed by atoms with E-state index in [9.17, 15) is 4.79 Å². The predicted octanol–water partition coefficient (Wildman–Crippen LogP) is 4.34. The number of halogens is 1. The van der Waals surface area contributed by atoms with Crippen LogP contribution in [0.4, 0.5) is 0 Å². The van der Waals surface area contributed by atoms with Crippen LogP contribution in [0.5, 0.6) is 0 Å². The molecule has 0 saturated carbocycles. The van der Waals surface area contributed by atoms with Crippen LogP contribution in [0.3, 0.4) is 0 Å². The van der Waals surface area contributed by atoms with Crippen LogP contribution >= 0.6 is 15.9 Å². The number of rotatable bonds is 2. The quantitative estimate of drug-likeness (QED) is 0.617. The van der Waals surface area contributed by atoms with Crippen molar-refractivity contribution < 1.29 is 0 Å². The fourth-order valence-electron chi connectivity index (χ4n) is 2.37. The Kier molecular flexibility index (Phi) is 4.37. The maximum absolute atomic E-state index is 12.5. The molecule has 3 rings (SSSR count). The van der Waals surface area contributed by atoms with Crippen LogP contribution in [-0.4, -0.2) is 15.9 Å². The van der Waals surface area contributed by atoms with Gasteiger partial charge in [-0.05, 0) is 34.7 Å². The van der Waals surface area contributed by atoms with Crippen LogP contribution in [0.15, 0.2) is 63.2 Å². The van der Waals surface area contributed by atoms with Gasteiger partial charge in [-0.25, -0.2) is 4.98 Å². The molecule has 0 aliphatic carbocycles. The number of hydrogen-bond donors (Lipinski definition) is 0. The van der Waals surface area contributed by atoms with Crippen LogP contribution < -0.4 is 5.56 Å². The van der Waals surface area contributed by atoms with Gasteiger partial charge in [0.2, 0.25) is 0 Å². The van der Waals surface area contributed by atoms with E-state index < -0.39 is 0 Å². The van der Waals surface area contributed by atoms with Gasteiger partial charge in [0.05, 0.1) is 17.1 Å². The maximum Gasteiger partial charge on any atom is 0.281 e. The van der Waals surface area contributed by atoms with Gasteiger partial charge in [-0.3, -0.25) is 4.79 Å². The molecular weight excluding hydrogens is 366 g/mol. The lowest BCUT2D eigenvalue weighted by Gasteiger charge is -2.18. The molecule has 1 heterocycles. The molecule has 0 unspecified atom stereocenters. The van der Waals surface area contributed by atoms with Crippen molar-refractivity contribution in [2.75, 3.05) is 0 Å². The Morgan fingerprint density at radius 3 is 2.50 bits per heavy atom. The van der Waals surface area contributed by atoms with Gasteiger partial charge in [-0.15, -0.1) is 0 Å². The van der Waals surface area contributed by atoms with E-state index in [0.29, 0.717) is 10.9 Å². The molecule has 0 radical (unpaired) electrons. The van der Waals surface area contributed by atoms with Gasteiger partial charge in [0, 0.05) is 4.47 Å². The van der Waals surface area contributed by atoms with Gasteiger partial charge in [0.25, 0.3) is 5.56 Å². The second-order valence-corrected chi connectivity index (χ2v) is 7.59. The summed E-state index contributed by atoms with van der Waals surface area (Å²) in [5.41, 5.74) is 2.77. The normalized spacial score (nSPS) is 12.2. The summed E-state index contributed by atoms with van der Waals surface area (Å²) >= 11 is 3.38. The molecule has 0 bridgehead atoms. The standard InChI is InChI=1S/C19H18BrN3O/c1-19(2,3)14-6-4-13(5-7-14)11-22-23-12-21-17-9-8-15(20)10-16(17)18(23)24/h4-12H,1-3H3/b22-11-. The van der Waals surface area contributed by atoms with Crippen LogP contribution in [0, 0.1) is 0 Å². The van der Waals surface area contributed by atoms with Gasteiger partial charge in [-0.1, -0.05) is 61.0 Å².